The van der Waals surface area contributed by atoms with Gasteiger partial charge in [0.25, 0.3) is 0 Å². The van der Waals surface area contributed by atoms with Gasteiger partial charge in [0.1, 0.15) is 0 Å². The fourth-order valence-corrected chi connectivity index (χ4v) is 3.72. The summed E-state index contributed by atoms with van der Waals surface area (Å²) in [5.74, 6) is 0. The highest BCUT2D eigenvalue weighted by atomic mass is 79.9. The van der Waals surface area contributed by atoms with Gasteiger partial charge in [-0.2, -0.15) is 0 Å². The van der Waals surface area contributed by atoms with Gasteiger partial charge in [-0.05, 0) is 71.6 Å². The Labute approximate surface area is 127 Å². The molecule has 102 valence electrons. The molecule has 0 saturated heterocycles. The minimum atomic E-state index is 0.545. The maximum absolute atomic E-state index is 4.06. The average Bonchev–Trinajstić information content (AvgIpc) is 2.83. The van der Waals surface area contributed by atoms with E-state index < -0.39 is 0 Å². The molecule has 2 nitrogen and oxygen atoms in total. The zero-order valence-corrected chi connectivity index (χ0v) is 13.5. The van der Waals surface area contributed by atoms with Crippen LogP contribution in [0, 0.1) is 0 Å². The second kappa shape index (κ2) is 7.78. The molecule has 0 saturated carbocycles. The number of rotatable bonds is 7. The number of thiophene rings is 1. The van der Waals surface area contributed by atoms with E-state index in [1.54, 1.807) is 0 Å². The van der Waals surface area contributed by atoms with Crippen LogP contribution in [0.3, 0.4) is 0 Å². The molecule has 0 fully saturated rings. The van der Waals surface area contributed by atoms with Crippen LogP contribution in [-0.2, 0) is 12.8 Å². The van der Waals surface area contributed by atoms with Gasteiger partial charge in [-0.25, -0.2) is 0 Å². The Morgan fingerprint density at radius 3 is 2.68 bits per heavy atom. The van der Waals surface area contributed by atoms with Crippen LogP contribution in [0.4, 0.5) is 0 Å². The average molecular weight is 339 g/mol. The first kappa shape index (κ1) is 14.7. The number of pyridine rings is 1. The molecule has 2 aromatic heterocycles. The number of hydrogen-bond donors (Lipinski definition) is 1. The standard InChI is InChI=1S/C15H19BrN2S/c1-2-18-13(11-14-5-6-15(16)19-14)4-3-12-7-9-17-10-8-12/h5-10,13,18H,2-4,11H2,1H3. The molecule has 0 radical (unpaired) electrons. The second-order valence-electron chi connectivity index (χ2n) is 4.56. The molecule has 0 aliphatic heterocycles. The molecule has 1 N–H and O–H groups in total. The van der Waals surface area contributed by atoms with E-state index in [-0.39, 0.29) is 0 Å². The van der Waals surface area contributed by atoms with Gasteiger partial charge in [-0.1, -0.05) is 6.92 Å². The molecule has 19 heavy (non-hydrogen) atoms. The van der Waals surface area contributed by atoms with Crippen molar-refractivity contribution in [3.63, 3.8) is 0 Å². The molecule has 0 bridgehead atoms. The predicted octanol–water partition coefficient (Wildman–Crippen LogP) is 4.06. The SMILES string of the molecule is CCNC(CCc1ccncc1)Cc1ccc(Br)s1. The molecule has 1 atom stereocenters. The van der Waals surface area contributed by atoms with Crippen molar-refractivity contribution in [3.05, 3.63) is 50.9 Å². The van der Waals surface area contributed by atoms with Gasteiger partial charge in [0.2, 0.25) is 0 Å². The van der Waals surface area contributed by atoms with Crippen molar-refractivity contribution in [2.24, 2.45) is 0 Å². The Balaban J connectivity index is 1.89. The quantitative estimate of drug-likeness (QED) is 0.823. The summed E-state index contributed by atoms with van der Waals surface area (Å²) in [5, 5.41) is 3.59. The van der Waals surface area contributed by atoms with Crippen LogP contribution in [0.25, 0.3) is 0 Å². The zero-order valence-electron chi connectivity index (χ0n) is 11.1. The van der Waals surface area contributed by atoms with E-state index in [0.29, 0.717) is 6.04 Å². The Bertz CT molecular complexity index is 484. The Kier molecular flexibility index (Phi) is 6.01. The molecule has 1 unspecified atom stereocenters. The van der Waals surface area contributed by atoms with Crippen molar-refractivity contribution in [3.8, 4) is 0 Å². The first-order valence-corrected chi connectivity index (χ1v) is 8.25. The summed E-state index contributed by atoms with van der Waals surface area (Å²) in [7, 11) is 0. The second-order valence-corrected chi connectivity index (χ2v) is 7.11. The molecule has 0 aromatic carbocycles. The van der Waals surface area contributed by atoms with Crippen LogP contribution >= 0.6 is 27.3 Å². The Morgan fingerprint density at radius 1 is 1.26 bits per heavy atom. The molecule has 2 rings (SSSR count). The summed E-state index contributed by atoms with van der Waals surface area (Å²) >= 11 is 5.36. The van der Waals surface area contributed by atoms with Gasteiger partial charge in [0, 0.05) is 23.3 Å². The molecule has 0 aliphatic rings. The minimum Gasteiger partial charge on any atom is -0.314 e. The Morgan fingerprint density at radius 2 is 2.05 bits per heavy atom. The minimum absolute atomic E-state index is 0.545. The van der Waals surface area contributed by atoms with E-state index >= 15 is 0 Å². The molecule has 0 aliphatic carbocycles. The van der Waals surface area contributed by atoms with E-state index in [1.165, 1.54) is 14.2 Å². The van der Waals surface area contributed by atoms with Crippen molar-refractivity contribution >= 4 is 27.3 Å². The summed E-state index contributed by atoms with van der Waals surface area (Å²) in [5.41, 5.74) is 1.37. The third kappa shape index (κ3) is 5.05. The van der Waals surface area contributed by atoms with Crippen LogP contribution in [0.5, 0.6) is 0 Å². The third-order valence-corrected chi connectivity index (χ3v) is 4.75. The summed E-state index contributed by atoms with van der Waals surface area (Å²) in [6.07, 6.45) is 7.11. The maximum atomic E-state index is 4.06. The summed E-state index contributed by atoms with van der Waals surface area (Å²) in [6.45, 7) is 3.19. The van der Waals surface area contributed by atoms with Crippen molar-refractivity contribution in [1.29, 1.82) is 0 Å². The number of aromatic nitrogens is 1. The maximum Gasteiger partial charge on any atom is 0.0701 e. The predicted molar refractivity (Wildman–Crippen MR) is 85.7 cm³/mol. The van der Waals surface area contributed by atoms with Crippen LogP contribution in [-0.4, -0.2) is 17.6 Å². The normalized spacial score (nSPS) is 12.5. The molecular weight excluding hydrogens is 320 g/mol. The molecule has 0 spiro atoms. The van der Waals surface area contributed by atoms with Crippen molar-refractivity contribution in [2.75, 3.05) is 6.54 Å². The lowest BCUT2D eigenvalue weighted by Gasteiger charge is -2.17. The van der Waals surface area contributed by atoms with E-state index in [0.717, 1.165) is 25.8 Å². The molecular formula is C15H19BrN2S. The van der Waals surface area contributed by atoms with E-state index in [2.05, 4.69) is 57.4 Å². The number of nitrogens with zero attached hydrogens (tertiary/aromatic N) is 1. The van der Waals surface area contributed by atoms with Gasteiger partial charge in [0.05, 0.1) is 3.79 Å². The first-order valence-electron chi connectivity index (χ1n) is 6.64. The van der Waals surface area contributed by atoms with Gasteiger partial charge in [-0.15, -0.1) is 11.3 Å². The van der Waals surface area contributed by atoms with Crippen LogP contribution in [0.1, 0.15) is 23.8 Å². The lowest BCUT2D eigenvalue weighted by Crippen LogP contribution is -2.31. The topological polar surface area (TPSA) is 24.9 Å². The lowest BCUT2D eigenvalue weighted by molar-refractivity contribution is 0.493. The van der Waals surface area contributed by atoms with E-state index in [1.807, 2.05) is 23.7 Å². The van der Waals surface area contributed by atoms with Crippen LogP contribution in [0.2, 0.25) is 0 Å². The molecule has 0 amide bonds. The highest BCUT2D eigenvalue weighted by Crippen LogP contribution is 2.23. The number of likely N-dealkylation sites (N-methyl/N-ethyl adjacent to an activating group) is 1. The summed E-state index contributed by atoms with van der Waals surface area (Å²) in [6, 6.07) is 9.09. The Hall–Kier alpha value is -0.710. The number of nitrogens with one attached hydrogen (secondary N) is 1. The van der Waals surface area contributed by atoms with Gasteiger partial charge >= 0.3 is 0 Å². The fourth-order valence-electron chi connectivity index (χ4n) is 2.16. The number of aryl methyl sites for hydroxylation is 1. The number of hydrogen-bond acceptors (Lipinski definition) is 3. The summed E-state index contributed by atoms with van der Waals surface area (Å²) < 4.78 is 1.21. The largest absolute Gasteiger partial charge is 0.314 e. The monoisotopic (exact) mass is 338 g/mol. The summed E-state index contributed by atoms with van der Waals surface area (Å²) in [4.78, 5) is 5.50. The first-order chi connectivity index (χ1) is 9.28. The fraction of sp³-hybridized carbons (Fsp3) is 0.400. The van der Waals surface area contributed by atoms with E-state index in [4.69, 9.17) is 0 Å². The number of halogens is 1. The molecule has 2 heterocycles. The van der Waals surface area contributed by atoms with Crippen molar-refractivity contribution < 1.29 is 0 Å². The van der Waals surface area contributed by atoms with Gasteiger partial charge in [-0.3, -0.25) is 4.98 Å². The lowest BCUT2D eigenvalue weighted by atomic mass is 10.0. The van der Waals surface area contributed by atoms with Gasteiger partial charge < -0.3 is 5.32 Å². The van der Waals surface area contributed by atoms with Crippen LogP contribution in [0.15, 0.2) is 40.4 Å². The highest BCUT2D eigenvalue weighted by molar-refractivity contribution is 9.11. The van der Waals surface area contributed by atoms with E-state index in [9.17, 15) is 0 Å². The third-order valence-electron chi connectivity index (χ3n) is 3.10. The molecule has 4 heteroatoms. The highest BCUT2D eigenvalue weighted by Gasteiger charge is 2.10. The van der Waals surface area contributed by atoms with Crippen molar-refractivity contribution in [2.45, 2.75) is 32.2 Å². The van der Waals surface area contributed by atoms with Crippen molar-refractivity contribution in [1.82, 2.24) is 10.3 Å². The van der Waals surface area contributed by atoms with Crippen LogP contribution < -0.4 is 5.32 Å². The van der Waals surface area contributed by atoms with Gasteiger partial charge in [0.15, 0.2) is 0 Å². The smallest absolute Gasteiger partial charge is 0.0701 e. The molecule has 2 aromatic rings. The zero-order chi connectivity index (χ0) is 13.5.